The van der Waals surface area contributed by atoms with Gasteiger partial charge in [-0.15, -0.1) is 0 Å². The van der Waals surface area contributed by atoms with Crippen LogP contribution in [0.5, 0.6) is 11.5 Å². The molecular formula is C33H44ClN5O4. The van der Waals surface area contributed by atoms with Gasteiger partial charge in [0.25, 0.3) is 0 Å². The third-order valence-electron chi connectivity index (χ3n) is 9.20. The van der Waals surface area contributed by atoms with Crippen LogP contribution in [0.15, 0.2) is 36.7 Å². The molecular weight excluding hydrogens is 566 g/mol. The van der Waals surface area contributed by atoms with E-state index in [-0.39, 0.29) is 6.09 Å². The molecule has 1 aromatic carbocycles. The Morgan fingerprint density at radius 3 is 2.37 bits per heavy atom. The number of nitrogens with zero attached hydrogens (tertiary/aromatic N) is 4. The lowest BCUT2D eigenvalue weighted by Crippen LogP contribution is -2.50. The third kappa shape index (κ3) is 6.53. The number of pyridine rings is 1. The van der Waals surface area contributed by atoms with E-state index in [4.69, 9.17) is 30.8 Å². The van der Waals surface area contributed by atoms with Gasteiger partial charge in [-0.05, 0) is 77.3 Å². The molecule has 0 saturated carbocycles. The van der Waals surface area contributed by atoms with Crippen molar-refractivity contribution in [2.24, 2.45) is 5.92 Å². The second kappa shape index (κ2) is 12.1. The fourth-order valence-electron chi connectivity index (χ4n) is 7.11. The Morgan fingerprint density at radius 2 is 1.72 bits per heavy atom. The molecule has 3 aromatic rings. The number of benzene rings is 1. The predicted molar refractivity (Wildman–Crippen MR) is 169 cm³/mol. The SMILES string of the molecule is COc1cc(OC)c(-c2cn3ccc(N[C@@H]4CC5CC[C@H](C4)N5CC4CCN(C(=O)OC(C)(C)C)CC4)cc3n2)cc1Cl. The molecule has 1 unspecified atom stereocenters. The molecule has 232 valence electrons. The molecule has 1 amide bonds. The van der Waals surface area contributed by atoms with Gasteiger partial charge in [-0.1, -0.05) is 11.6 Å². The van der Waals surface area contributed by atoms with Crippen molar-refractivity contribution in [1.82, 2.24) is 19.2 Å². The van der Waals surface area contributed by atoms with Crippen LogP contribution >= 0.6 is 11.6 Å². The summed E-state index contributed by atoms with van der Waals surface area (Å²) in [6.45, 7) is 8.51. The van der Waals surface area contributed by atoms with Gasteiger partial charge in [0, 0.05) is 73.5 Å². The minimum absolute atomic E-state index is 0.174. The summed E-state index contributed by atoms with van der Waals surface area (Å²) in [5, 5.41) is 4.35. The molecule has 0 aliphatic carbocycles. The van der Waals surface area contributed by atoms with Crippen LogP contribution in [0.1, 0.15) is 59.3 Å². The largest absolute Gasteiger partial charge is 0.496 e. The Kier molecular flexibility index (Phi) is 8.39. The van der Waals surface area contributed by atoms with E-state index in [1.54, 1.807) is 20.3 Å². The molecule has 3 aliphatic rings. The summed E-state index contributed by atoms with van der Waals surface area (Å²) in [4.78, 5) is 22.0. The van der Waals surface area contributed by atoms with Crippen molar-refractivity contribution in [2.45, 2.75) is 83.0 Å². The summed E-state index contributed by atoms with van der Waals surface area (Å²) in [6, 6.07) is 9.57. The second-order valence-electron chi connectivity index (χ2n) is 13.3. The lowest BCUT2D eigenvalue weighted by Gasteiger charge is -2.42. The number of methoxy groups -OCH3 is 2. The van der Waals surface area contributed by atoms with Gasteiger partial charge < -0.3 is 28.8 Å². The molecule has 2 bridgehead atoms. The maximum atomic E-state index is 12.5. The number of hydrogen-bond acceptors (Lipinski definition) is 7. The molecule has 3 aliphatic heterocycles. The first-order valence-corrected chi connectivity index (χ1v) is 15.9. The van der Waals surface area contributed by atoms with E-state index < -0.39 is 5.60 Å². The van der Waals surface area contributed by atoms with E-state index in [0.717, 1.165) is 67.9 Å². The number of halogens is 1. The standard InChI is InChI=1S/C33H44ClN5O4/c1-33(2,3)43-32(40)37-11-8-21(9-12-37)19-39-24-6-7-25(39)15-23(14-24)35-22-10-13-38-20-28(36-31(38)16-22)26-17-27(34)30(42-5)18-29(26)41-4/h10,13,16-18,20-21,23-25,35H,6-9,11-12,14-15,19H2,1-5H3/t23-,24+,25?/m0/s1. The lowest BCUT2D eigenvalue weighted by atomic mass is 9.92. The highest BCUT2D eigenvalue weighted by molar-refractivity contribution is 6.32. The number of carbonyl (C=O) groups excluding carboxylic acids is 1. The summed E-state index contributed by atoms with van der Waals surface area (Å²) in [5.41, 5.74) is 3.13. The molecule has 6 rings (SSSR count). The minimum atomic E-state index is -0.446. The van der Waals surface area contributed by atoms with Gasteiger partial charge in [0.15, 0.2) is 0 Å². The summed E-state index contributed by atoms with van der Waals surface area (Å²) < 4.78 is 18.6. The van der Waals surface area contributed by atoms with Crippen LogP contribution in [-0.2, 0) is 4.74 Å². The quantitative estimate of drug-likeness (QED) is 0.318. The molecule has 10 heteroatoms. The number of carbonyl (C=O) groups is 1. The number of ether oxygens (including phenoxy) is 3. The monoisotopic (exact) mass is 609 g/mol. The van der Waals surface area contributed by atoms with Gasteiger partial charge in [-0.25, -0.2) is 9.78 Å². The van der Waals surface area contributed by atoms with Crippen LogP contribution in [-0.4, -0.2) is 82.9 Å². The molecule has 0 spiro atoms. The van der Waals surface area contributed by atoms with E-state index in [2.05, 4.69) is 28.5 Å². The fourth-order valence-corrected chi connectivity index (χ4v) is 7.35. The number of amides is 1. The van der Waals surface area contributed by atoms with Crippen molar-refractivity contribution in [2.75, 3.05) is 39.2 Å². The zero-order chi connectivity index (χ0) is 30.3. The molecule has 2 aromatic heterocycles. The van der Waals surface area contributed by atoms with E-state index in [0.29, 0.717) is 40.6 Å². The molecule has 9 nitrogen and oxygen atoms in total. The highest BCUT2D eigenvalue weighted by atomic mass is 35.5. The van der Waals surface area contributed by atoms with Crippen LogP contribution in [0.3, 0.4) is 0 Å². The Balaban J connectivity index is 1.06. The number of rotatable bonds is 7. The maximum absolute atomic E-state index is 12.5. The normalized spacial score (nSPS) is 23.0. The number of likely N-dealkylation sites (tertiary alicyclic amines) is 1. The summed E-state index contributed by atoms with van der Waals surface area (Å²) >= 11 is 6.42. The van der Waals surface area contributed by atoms with E-state index in [1.165, 1.54) is 12.8 Å². The smallest absolute Gasteiger partial charge is 0.410 e. The number of imidazole rings is 1. The van der Waals surface area contributed by atoms with Crippen LogP contribution in [0.25, 0.3) is 16.9 Å². The molecule has 3 atom stereocenters. The minimum Gasteiger partial charge on any atom is -0.496 e. The molecule has 43 heavy (non-hydrogen) atoms. The van der Waals surface area contributed by atoms with Crippen LogP contribution < -0.4 is 14.8 Å². The lowest BCUT2D eigenvalue weighted by molar-refractivity contribution is 0.0148. The van der Waals surface area contributed by atoms with Crippen molar-refractivity contribution in [3.63, 3.8) is 0 Å². The number of aromatic nitrogens is 2. The van der Waals surface area contributed by atoms with Crippen LogP contribution in [0.4, 0.5) is 10.5 Å². The third-order valence-corrected chi connectivity index (χ3v) is 9.50. The fraction of sp³-hybridized carbons (Fsp3) is 0.576. The van der Waals surface area contributed by atoms with Crippen LogP contribution in [0.2, 0.25) is 5.02 Å². The van der Waals surface area contributed by atoms with Gasteiger partial charge >= 0.3 is 6.09 Å². The van der Waals surface area contributed by atoms with Crippen molar-refractivity contribution in [3.05, 3.63) is 41.7 Å². The number of piperidine rings is 2. The first kappa shape index (κ1) is 29.9. The molecule has 3 saturated heterocycles. The van der Waals surface area contributed by atoms with Crippen molar-refractivity contribution >= 4 is 29.0 Å². The first-order valence-electron chi connectivity index (χ1n) is 15.5. The summed E-state index contributed by atoms with van der Waals surface area (Å²) in [7, 11) is 3.23. The summed E-state index contributed by atoms with van der Waals surface area (Å²) in [6.07, 6.45) is 10.8. The van der Waals surface area contributed by atoms with E-state index in [9.17, 15) is 4.79 Å². The van der Waals surface area contributed by atoms with Gasteiger partial charge in [-0.3, -0.25) is 4.90 Å². The van der Waals surface area contributed by atoms with Crippen molar-refractivity contribution in [3.8, 4) is 22.8 Å². The molecule has 1 N–H and O–H groups in total. The van der Waals surface area contributed by atoms with Gasteiger partial charge in [0.05, 0.1) is 24.9 Å². The Bertz CT molecular complexity index is 1450. The topological polar surface area (TPSA) is 80.6 Å². The number of nitrogens with one attached hydrogen (secondary N) is 1. The van der Waals surface area contributed by atoms with Gasteiger partial charge in [0.2, 0.25) is 0 Å². The Morgan fingerprint density at radius 1 is 1.02 bits per heavy atom. The molecule has 0 radical (unpaired) electrons. The average Bonchev–Trinajstić information content (AvgIpc) is 3.48. The zero-order valence-corrected chi connectivity index (χ0v) is 26.7. The molecule has 5 heterocycles. The number of anilines is 1. The maximum Gasteiger partial charge on any atom is 0.410 e. The first-order chi connectivity index (χ1) is 20.6. The van der Waals surface area contributed by atoms with Gasteiger partial charge in [-0.2, -0.15) is 0 Å². The molecule has 3 fully saturated rings. The number of hydrogen-bond donors (Lipinski definition) is 1. The second-order valence-corrected chi connectivity index (χ2v) is 13.7. The predicted octanol–water partition coefficient (Wildman–Crippen LogP) is 6.73. The zero-order valence-electron chi connectivity index (χ0n) is 25.9. The van der Waals surface area contributed by atoms with Crippen molar-refractivity contribution < 1.29 is 19.0 Å². The summed E-state index contributed by atoms with van der Waals surface area (Å²) in [5.74, 6) is 1.88. The Hall–Kier alpha value is -3.17. The van der Waals surface area contributed by atoms with Gasteiger partial charge in [0.1, 0.15) is 22.7 Å². The van der Waals surface area contributed by atoms with Crippen molar-refractivity contribution in [1.29, 1.82) is 0 Å². The average molecular weight is 610 g/mol. The van der Waals surface area contributed by atoms with Crippen LogP contribution in [0, 0.1) is 5.92 Å². The van der Waals surface area contributed by atoms with E-state index in [1.807, 2.05) is 42.3 Å². The highest BCUT2D eigenvalue weighted by Gasteiger charge is 2.42. The Labute approximate surface area is 259 Å². The number of fused-ring (bicyclic) bond motifs is 3. The highest BCUT2D eigenvalue weighted by Crippen LogP contribution is 2.40. The van der Waals surface area contributed by atoms with E-state index >= 15 is 0 Å².